The predicted octanol–water partition coefficient (Wildman–Crippen LogP) is 3.37. The van der Waals surface area contributed by atoms with Gasteiger partial charge in [-0.2, -0.15) is 0 Å². The summed E-state index contributed by atoms with van der Waals surface area (Å²) in [5.41, 5.74) is 2.02. The number of fused-ring (bicyclic) bond motifs is 1. The maximum atomic E-state index is 13.6. The zero-order valence-electron chi connectivity index (χ0n) is 21.8. The number of ether oxygens (including phenoxy) is 1. The summed E-state index contributed by atoms with van der Waals surface area (Å²) in [5.74, 6) is 0.803. The van der Waals surface area contributed by atoms with Gasteiger partial charge in [-0.1, -0.05) is 18.2 Å². The highest BCUT2D eigenvalue weighted by molar-refractivity contribution is 5.92. The predicted molar refractivity (Wildman–Crippen MR) is 139 cm³/mol. The molecule has 0 aliphatic carbocycles. The van der Waals surface area contributed by atoms with E-state index < -0.39 is 0 Å². The summed E-state index contributed by atoms with van der Waals surface area (Å²) in [5, 5.41) is 0. The molecular weight excluding hydrogens is 440 g/mol. The molecule has 0 unspecified atom stereocenters. The van der Waals surface area contributed by atoms with Gasteiger partial charge < -0.3 is 24.3 Å². The van der Waals surface area contributed by atoms with Crippen LogP contribution in [0.3, 0.4) is 0 Å². The number of para-hydroxylation sites is 1. The third kappa shape index (κ3) is 7.28. The van der Waals surface area contributed by atoms with Crippen LogP contribution in [0.25, 0.3) is 0 Å². The van der Waals surface area contributed by atoms with Gasteiger partial charge in [-0.3, -0.25) is 9.59 Å². The van der Waals surface area contributed by atoms with Gasteiger partial charge in [-0.05, 0) is 76.2 Å². The van der Waals surface area contributed by atoms with E-state index in [1.54, 1.807) is 6.92 Å². The first kappa shape index (κ1) is 26.1. The summed E-state index contributed by atoms with van der Waals surface area (Å²) in [7, 11) is 2.16. The molecule has 0 aromatic heterocycles. The monoisotopic (exact) mass is 484 g/mol. The molecule has 35 heavy (non-hydrogen) atoms. The number of carbonyl (C=O) groups excluding carboxylic acids is 2. The van der Waals surface area contributed by atoms with Gasteiger partial charge in [0, 0.05) is 71.0 Å². The van der Waals surface area contributed by atoms with Gasteiger partial charge in [0.15, 0.2) is 0 Å². The van der Waals surface area contributed by atoms with E-state index in [4.69, 9.17) is 4.74 Å². The second-order valence-electron chi connectivity index (χ2n) is 10.7. The van der Waals surface area contributed by atoms with Gasteiger partial charge in [0.25, 0.3) is 0 Å². The number of anilines is 1. The van der Waals surface area contributed by atoms with Crippen LogP contribution in [0.15, 0.2) is 24.3 Å². The van der Waals surface area contributed by atoms with Crippen LogP contribution in [0.1, 0.15) is 57.4 Å². The highest BCUT2D eigenvalue weighted by Gasteiger charge is 2.26. The average molecular weight is 485 g/mol. The lowest BCUT2D eigenvalue weighted by Crippen LogP contribution is -2.44. The zero-order valence-corrected chi connectivity index (χ0v) is 21.8. The Morgan fingerprint density at radius 2 is 1.60 bits per heavy atom. The second-order valence-corrected chi connectivity index (χ2v) is 10.7. The first-order chi connectivity index (χ1) is 17.0. The van der Waals surface area contributed by atoms with Gasteiger partial charge >= 0.3 is 0 Å². The Morgan fingerprint density at radius 3 is 2.31 bits per heavy atom. The minimum Gasteiger partial charge on any atom is -0.381 e. The molecule has 0 atom stereocenters. The minimum absolute atomic E-state index is 0.0660. The fourth-order valence-corrected chi connectivity index (χ4v) is 5.92. The Morgan fingerprint density at radius 1 is 0.914 bits per heavy atom. The molecule has 7 heteroatoms. The normalized spacial score (nSPS) is 22.8. The molecule has 0 spiro atoms. The van der Waals surface area contributed by atoms with Gasteiger partial charge in [0.1, 0.15) is 0 Å². The van der Waals surface area contributed by atoms with Gasteiger partial charge in [-0.25, -0.2) is 0 Å². The number of hydrogen-bond acceptors (Lipinski definition) is 5. The van der Waals surface area contributed by atoms with Crippen molar-refractivity contribution in [1.29, 1.82) is 0 Å². The number of rotatable bonds is 3. The highest BCUT2D eigenvalue weighted by Crippen LogP contribution is 2.26. The summed E-state index contributed by atoms with van der Waals surface area (Å²) < 4.78 is 5.61. The van der Waals surface area contributed by atoms with Gasteiger partial charge in [0.05, 0.1) is 0 Å². The lowest BCUT2D eigenvalue weighted by Gasteiger charge is -2.36. The molecule has 1 aromatic rings. The van der Waals surface area contributed by atoms with Gasteiger partial charge in [0.2, 0.25) is 11.8 Å². The van der Waals surface area contributed by atoms with E-state index in [1.165, 1.54) is 0 Å². The molecule has 2 saturated heterocycles. The number of hydrogen-bond donors (Lipinski definition) is 0. The molecule has 0 bridgehead atoms. The van der Waals surface area contributed by atoms with Crippen molar-refractivity contribution in [3.05, 3.63) is 29.8 Å². The van der Waals surface area contributed by atoms with E-state index >= 15 is 0 Å². The summed E-state index contributed by atoms with van der Waals surface area (Å²) in [6.07, 6.45) is 6.90. The van der Waals surface area contributed by atoms with Crippen LogP contribution in [0.2, 0.25) is 0 Å². The maximum Gasteiger partial charge on any atom is 0.223 e. The molecule has 3 aliphatic rings. The van der Waals surface area contributed by atoms with Crippen molar-refractivity contribution < 1.29 is 14.3 Å². The number of benzene rings is 1. The first-order valence-electron chi connectivity index (χ1n) is 13.7. The molecule has 0 N–H and O–H groups in total. The Bertz CT molecular complexity index is 833. The van der Waals surface area contributed by atoms with Crippen molar-refractivity contribution >= 4 is 17.5 Å². The number of nitrogens with zero attached hydrogens (tertiary/aromatic N) is 4. The summed E-state index contributed by atoms with van der Waals surface area (Å²) in [6, 6.07) is 8.68. The smallest absolute Gasteiger partial charge is 0.223 e. The molecule has 3 heterocycles. The number of carbonyl (C=O) groups is 2. The number of likely N-dealkylation sites (tertiary alicyclic amines) is 1. The standard InChI is InChI=1S/C28H44N4O3/c1-23(33)32-16-6-14-30(26-11-19-35-20-12-26)13-5-15-31(22-25-7-3-4-8-27(25)32)28(34)21-24-9-17-29(2)18-10-24/h3-4,7-8,24,26H,5-6,9-22H2,1-2H3. The third-order valence-corrected chi connectivity index (χ3v) is 8.09. The topological polar surface area (TPSA) is 56.3 Å². The Kier molecular flexibility index (Phi) is 9.58. The molecule has 2 fully saturated rings. The van der Waals surface area contributed by atoms with Crippen LogP contribution in [-0.4, -0.2) is 92.1 Å². The van der Waals surface area contributed by atoms with Crippen molar-refractivity contribution in [3.8, 4) is 0 Å². The lowest BCUT2D eigenvalue weighted by molar-refractivity contribution is -0.133. The van der Waals surface area contributed by atoms with Crippen molar-refractivity contribution in [1.82, 2.24) is 14.7 Å². The van der Waals surface area contributed by atoms with Crippen LogP contribution in [0.5, 0.6) is 0 Å². The molecule has 2 amide bonds. The third-order valence-electron chi connectivity index (χ3n) is 8.09. The van der Waals surface area contributed by atoms with Crippen molar-refractivity contribution in [2.24, 2.45) is 5.92 Å². The molecule has 7 nitrogen and oxygen atoms in total. The number of amides is 2. The zero-order chi connectivity index (χ0) is 24.6. The highest BCUT2D eigenvalue weighted by atomic mass is 16.5. The molecule has 194 valence electrons. The molecule has 3 aliphatic heterocycles. The average Bonchev–Trinajstić information content (AvgIpc) is 2.86. The van der Waals surface area contributed by atoms with E-state index in [0.29, 0.717) is 31.5 Å². The Labute approximate surface area is 211 Å². The van der Waals surface area contributed by atoms with E-state index in [-0.39, 0.29) is 11.8 Å². The SMILES string of the molecule is CC(=O)N1CCCN(C2CCOCC2)CCCN(C(=O)CC2CCN(C)CC2)Cc2ccccc21. The van der Waals surface area contributed by atoms with Crippen molar-refractivity contribution in [2.75, 3.05) is 64.4 Å². The second kappa shape index (κ2) is 12.8. The van der Waals surface area contributed by atoms with E-state index in [0.717, 1.165) is 95.7 Å². The van der Waals surface area contributed by atoms with Gasteiger partial charge in [-0.15, -0.1) is 0 Å². The van der Waals surface area contributed by atoms with E-state index in [2.05, 4.69) is 27.8 Å². The van der Waals surface area contributed by atoms with Crippen molar-refractivity contribution in [3.63, 3.8) is 0 Å². The largest absolute Gasteiger partial charge is 0.381 e. The maximum absolute atomic E-state index is 13.6. The van der Waals surface area contributed by atoms with E-state index in [9.17, 15) is 9.59 Å². The van der Waals surface area contributed by atoms with E-state index in [1.807, 2.05) is 23.1 Å². The van der Waals surface area contributed by atoms with Crippen molar-refractivity contribution in [2.45, 2.75) is 64.5 Å². The van der Waals surface area contributed by atoms with Crippen LogP contribution >= 0.6 is 0 Å². The Hall–Kier alpha value is -1.96. The summed E-state index contributed by atoms with van der Waals surface area (Å²) in [6.45, 7) is 9.47. The van der Waals surface area contributed by atoms with Crippen LogP contribution in [0.4, 0.5) is 5.69 Å². The molecule has 1 aromatic carbocycles. The Balaban J connectivity index is 1.53. The molecular formula is C28H44N4O3. The molecule has 0 saturated carbocycles. The van der Waals surface area contributed by atoms with Crippen LogP contribution in [-0.2, 0) is 20.9 Å². The fourth-order valence-electron chi connectivity index (χ4n) is 5.92. The molecule has 0 radical (unpaired) electrons. The summed E-state index contributed by atoms with van der Waals surface area (Å²) >= 11 is 0. The van der Waals surface area contributed by atoms with Crippen LogP contribution in [0, 0.1) is 5.92 Å². The quantitative estimate of drug-likeness (QED) is 0.659. The number of piperidine rings is 1. The lowest BCUT2D eigenvalue weighted by atomic mass is 9.93. The fraction of sp³-hybridized carbons (Fsp3) is 0.714. The van der Waals surface area contributed by atoms with Crippen LogP contribution < -0.4 is 4.90 Å². The molecule has 4 rings (SSSR count). The minimum atomic E-state index is 0.0660. The summed E-state index contributed by atoms with van der Waals surface area (Å²) in [4.78, 5) is 35.2. The first-order valence-corrected chi connectivity index (χ1v) is 13.7.